The van der Waals surface area contributed by atoms with E-state index < -0.39 is 27.7 Å². The molecule has 1 aromatic rings. The Bertz CT molecular complexity index is 471. The molecule has 0 aliphatic carbocycles. The Hall–Kier alpha value is -1.10. The number of Topliss-reactive ketones (excluding diaryl/α,β-unsaturated/α-hetero) is 1. The number of ketones is 1. The molecular weight excluding hydrogens is 222 g/mol. The van der Waals surface area contributed by atoms with E-state index in [1.54, 1.807) is 6.92 Å². The van der Waals surface area contributed by atoms with Crippen LogP contribution in [0, 0.1) is 11.6 Å². The molecule has 1 heterocycles. The fraction of sp³-hybridized carbons (Fsp3) is 0.300. The highest BCUT2D eigenvalue weighted by molar-refractivity contribution is 7.86. The van der Waals surface area contributed by atoms with E-state index in [2.05, 4.69) is 0 Å². The summed E-state index contributed by atoms with van der Waals surface area (Å²) in [5.41, 5.74) is -0.0797. The van der Waals surface area contributed by atoms with Crippen molar-refractivity contribution < 1.29 is 17.8 Å². The highest BCUT2D eigenvalue weighted by Gasteiger charge is 2.31. The van der Waals surface area contributed by atoms with Crippen molar-refractivity contribution in [3.8, 4) is 0 Å². The number of halogens is 2. The van der Waals surface area contributed by atoms with Crippen molar-refractivity contribution in [1.82, 2.24) is 0 Å². The van der Waals surface area contributed by atoms with Crippen LogP contribution in [0.4, 0.5) is 8.78 Å². The van der Waals surface area contributed by atoms with Crippen molar-refractivity contribution >= 4 is 16.6 Å². The number of hydrogen-bond acceptors (Lipinski definition) is 2. The number of benzene rings is 1. The van der Waals surface area contributed by atoms with Gasteiger partial charge in [-0.1, -0.05) is 6.92 Å². The lowest BCUT2D eigenvalue weighted by atomic mass is 10.1. The van der Waals surface area contributed by atoms with Gasteiger partial charge in [0.1, 0.15) is 11.6 Å². The third-order valence-corrected chi connectivity index (χ3v) is 4.06. The van der Waals surface area contributed by atoms with Crippen molar-refractivity contribution in [2.45, 2.75) is 23.5 Å². The normalized spacial score (nSPS) is 25.1. The molecule has 0 amide bonds. The van der Waals surface area contributed by atoms with Gasteiger partial charge in [-0.05, 0) is 6.07 Å². The summed E-state index contributed by atoms with van der Waals surface area (Å²) in [4.78, 5) is 11.3. The third kappa shape index (κ3) is 1.61. The van der Waals surface area contributed by atoms with Crippen LogP contribution in [-0.2, 0) is 10.8 Å². The molecule has 0 saturated heterocycles. The number of fused-ring (bicyclic) bond motifs is 1. The molecule has 80 valence electrons. The van der Waals surface area contributed by atoms with Gasteiger partial charge in [0, 0.05) is 23.3 Å². The van der Waals surface area contributed by atoms with Crippen molar-refractivity contribution in [2.24, 2.45) is 0 Å². The van der Waals surface area contributed by atoms with Crippen molar-refractivity contribution in [2.75, 3.05) is 0 Å². The SMILES string of the molecule is CC1CC(=O)c2cc(F)cc(F)c2S1=O. The van der Waals surface area contributed by atoms with Gasteiger partial charge in [-0.3, -0.25) is 9.00 Å². The summed E-state index contributed by atoms with van der Waals surface area (Å²) in [5.74, 6) is -2.06. The molecule has 15 heavy (non-hydrogen) atoms. The Kier molecular flexibility index (Phi) is 2.42. The molecule has 0 fully saturated rings. The van der Waals surface area contributed by atoms with Gasteiger partial charge < -0.3 is 0 Å². The van der Waals surface area contributed by atoms with E-state index in [1.165, 1.54) is 0 Å². The zero-order valence-corrected chi connectivity index (χ0v) is 8.74. The summed E-state index contributed by atoms with van der Waals surface area (Å²) < 4.78 is 37.9. The van der Waals surface area contributed by atoms with Crippen LogP contribution in [0.2, 0.25) is 0 Å². The average molecular weight is 230 g/mol. The minimum atomic E-state index is -1.56. The number of rotatable bonds is 0. The molecule has 0 radical (unpaired) electrons. The molecule has 0 spiro atoms. The first kappa shape index (κ1) is 10.4. The molecule has 0 bridgehead atoms. The second kappa shape index (κ2) is 3.48. The van der Waals surface area contributed by atoms with E-state index in [-0.39, 0.29) is 22.7 Å². The maximum Gasteiger partial charge on any atom is 0.165 e. The largest absolute Gasteiger partial charge is 0.294 e. The maximum atomic E-state index is 13.3. The van der Waals surface area contributed by atoms with Gasteiger partial charge in [-0.2, -0.15) is 0 Å². The standard InChI is InChI=1S/C10H8F2O2S/c1-5-2-9(13)7-3-6(11)4-8(12)10(7)15(5)14/h3-5H,2H2,1H3. The molecule has 0 aromatic heterocycles. The smallest absolute Gasteiger partial charge is 0.165 e. The number of carbonyl (C=O) groups excluding carboxylic acids is 1. The maximum absolute atomic E-state index is 13.3. The molecule has 0 saturated carbocycles. The topological polar surface area (TPSA) is 34.1 Å². The van der Waals surface area contributed by atoms with Crippen LogP contribution in [0.1, 0.15) is 23.7 Å². The van der Waals surface area contributed by atoms with Crippen molar-refractivity contribution in [3.05, 3.63) is 29.3 Å². The lowest BCUT2D eigenvalue weighted by molar-refractivity contribution is 0.0975. The molecule has 2 unspecified atom stereocenters. The van der Waals surface area contributed by atoms with E-state index in [0.29, 0.717) is 6.07 Å². The minimum absolute atomic E-state index is 0.0719. The van der Waals surface area contributed by atoms with Gasteiger partial charge in [-0.25, -0.2) is 8.78 Å². The minimum Gasteiger partial charge on any atom is -0.294 e. The van der Waals surface area contributed by atoms with Gasteiger partial charge >= 0.3 is 0 Å². The van der Waals surface area contributed by atoms with Crippen LogP contribution < -0.4 is 0 Å². The predicted molar refractivity (Wildman–Crippen MR) is 51.2 cm³/mol. The number of hydrogen-bond donors (Lipinski definition) is 0. The lowest BCUT2D eigenvalue weighted by Gasteiger charge is -2.20. The Morgan fingerprint density at radius 2 is 2.07 bits per heavy atom. The van der Waals surface area contributed by atoms with Gasteiger partial charge in [0.15, 0.2) is 5.78 Å². The Labute approximate surface area is 87.8 Å². The van der Waals surface area contributed by atoms with Crippen LogP contribution in [-0.4, -0.2) is 15.2 Å². The summed E-state index contributed by atoms with van der Waals surface area (Å²) in [7, 11) is -1.56. The van der Waals surface area contributed by atoms with Crippen LogP contribution in [0.25, 0.3) is 0 Å². The van der Waals surface area contributed by atoms with Crippen LogP contribution in [0.3, 0.4) is 0 Å². The molecule has 1 aliphatic rings. The average Bonchev–Trinajstić information content (AvgIpc) is 2.13. The summed E-state index contributed by atoms with van der Waals surface area (Å²) in [5, 5.41) is -0.412. The fourth-order valence-corrected chi connectivity index (χ4v) is 2.97. The van der Waals surface area contributed by atoms with Crippen LogP contribution >= 0.6 is 0 Å². The summed E-state index contributed by atoms with van der Waals surface area (Å²) in [6.07, 6.45) is 0.0719. The van der Waals surface area contributed by atoms with Gasteiger partial charge in [0.25, 0.3) is 0 Å². The Morgan fingerprint density at radius 3 is 2.73 bits per heavy atom. The first-order valence-electron chi connectivity index (χ1n) is 4.43. The second-order valence-corrected chi connectivity index (χ2v) is 5.31. The molecule has 2 nitrogen and oxygen atoms in total. The third-order valence-electron chi connectivity index (χ3n) is 2.35. The lowest BCUT2D eigenvalue weighted by Crippen LogP contribution is -2.25. The highest BCUT2D eigenvalue weighted by atomic mass is 32.2. The molecule has 2 atom stereocenters. The van der Waals surface area contributed by atoms with E-state index in [9.17, 15) is 17.8 Å². The second-order valence-electron chi connectivity index (χ2n) is 3.50. The molecule has 1 aromatic carbocycles. The van der Waals surface area contributed by atoms with Gasteiger partial charge in [-0.15, -0.1) is 0 Å². The monoisotopic (exact) mass is 230 g/mol. The Morgan fingerprint density at radius 1 is 1.40 bits per heavy atom. The predicted octanol–water partition coefficient (Wildman–Crippen LogP) is 2.05. The first-order chi connectivity index (χ1) is 7.00. The fourth-order valence-electron chi connectivity index (χ4n) is 1.62. The van der Waals surface area contributed by atoms with Gasteiger partial charge in [0.05, 0.1) is 15.7 Å². The highest BCUT2D eigenvalue weighted by Crippen LogP contribution is 2.29. The van der Waals surface area contributed by atoms with Crippen LogP contribution in [0.15, 0.2) is 17.0 Å². The summed E-state index contributed by atoms with van der Waals surface area (Å²) >= 11 is 0. The zero-order chi connectivity index (χ0) is 11.2. The zero-order valence-electron chi connectivity index (χ0n) is 7.92. The van der Waals surface area contributed by atoms with E-state index in [4.69, 9.17) is 0 Å². The van der Waals surface area contributed by atoms with Crippen molar-refractivity contribution in [1.29, 1.82) is 0 Å². The molecule has 2 rings (SSSR count). The van der Waals surface area contributed by atoms with E-state index in [1.807, 2.05) is 0 Å². The van der Waals surface area contributed by atoms with Crippen molar-refractivity contribution in [3.63, 3.8) is 0 Å². The molecular formula is C10H8F2O2S. The van der Waals surface area contributed by atoms with E-state index >= 15 is 0 Å². The van der Waals surface area contributed by atoms with Crippen LogP contribution in [0.5, 0.6) is 0 Å². The quantitative estimate of drug-likeness (QED) is 0.683. The molecule has 0 N–H and O–H groups in total. The molecule has 5 heteroatoms. The molecule has 1 aliphatic heterocycles. The summed E-state index contributed by atoms with van der Waals surface area (Å²) in [6, 6.07) is 1.60. The number of carbonyl (C=O) groups is 1. The summed E-state index contributed by atoms with van der Waals surface area (Å²) in [6.45, 7) is 1.61. The van der Waals surface area contributed by atoms with E-state index in [0.717, 1.165) is 6.07 Å². The first-order valence-corrected chi connectivity index (χ1v) is 5.65. The Balaban J connectivity index is 2.71. The van der Waals surface area contributed by atoms with Gasteiger partial charge in [0.2, 0.25) is 0 Å².